The number of ether oxygens (including phenoxy) is 3. The molecule has 0 saturated heterocycles. The number of benzene rings is 1. The van der Waals surface area contributed by atoms with Crippen molar-refractivity contribution in [2.24, 2.45) is 11.7 Å². The van der Waals surface area contributed by atoms with Crippen molar-refractivity contribution in [3.63, 3.8) is 0 Å². The molecule has 0 fully saturated rings. The smallest absolute Gasteiger partial charge is 0.344 e. The van der Waals surface area contributed by atoms with Crippen molar-refractivity contribution in [3.05, 3.63) is 24.3 Å². The second-order valence-corrected chi connectivity index (χ2v) is 5.59. The molecule has 1 atom stereocenters. The molecule has 0 radical (unpaired) electrons. The van der Waals surface area contributed by atoms with Gasteiger partial charge in [-0.3, -0.25) is 10.1 Å². The summed E-state index contributed by atoms with van der Waals surface area (Å²) in [5.41, 5.74) is 4.90. The summed E-state index contributed by atoms with van der Waals surface area (Å²) in [5, 5.41) is 1.90. The molecule has 0 aliphatic heterocycles. The fourth-order valence-electron chi connectivity index (χ4n) is 1.90. The molecule has 0 unspecified atom stereocenters. The molecule has 3 N–H and O–H groups in total. The van der Waals surface area contributed by atoms with Crippen molar-refractivity contribution >= 4 is 17.9 Å². The zero-order valence-electron chi connectivity index (χ0n) is 14.6. The minimum absolute atomic E-state index is 0.344. The Morgan fingerprint density at radius 1 is 1.12 bits per heavy atom. The van der Waals surface area contributed by atoms with Crippen LogP contribution in [0.3, 0.4) is 0 Å². The highest BCUT2D eigenvalue weighted by Crippen LogP contribution is 2.26. The van der Waals surface area contributed by atoms with Gasteiger partial charge in [0.2, 0.25) is 0 Å². The summed E-state index contributed by atoms with van der Waals surface area (Å²) in [6.07, 6.45) is -0.309. The van der Waals surface area contributed by atoms with Gasteiger partial charge in [-0.25, -0.2) is 9.59 Å². The second kappa shape index (κ2) is 10.2. The van der Waals surface area contributed by atoms with Crippen molar-refractivity contribution in [2.75, 3.05) is 13.2 Å². The normalized spacial score (nSPS) is 11.5. The number of carbonyl (C=O) groups is 3. The van der Waals surface area contributed by atoms with Crippen LogP contribution >= 0.6 is 0 Å². The molecule has 138 valence electrons. The Hall–Kier alpha value is -2.77. The van der Waals surface area contributed by atoms with E-state index in [0.717, 1.165) is 6.42 Å². The quantitative estimate of drug-likeness (QED) is 0.652. The van der Waals surface area contributed by atoms with Gasteiger partial charge in [0.05, 0.1) is 6.61 Å². The molecule has 1 aromatic carbocycles. The van der Waals surface area contributed by atoms with Gasteiger partial charge in [0, 0.05) is 0 Å². The molecule has 0 aromatic heterocycles. The van der Waals surface area contributed by atoms with Crippen LogP contribution in [0.2, 0.25) is 0 Å². The monoisotopic (exact) mass is 352 g/mol. The van der Waals surface area contributed by atoms with E-state index in [1.807, 2.05) is 12.2 Å². The van der Waals surface area contributed by atoms with Crippen LogP contribution in [-0.4, -0.2) is 37.2 Å². The zero-order chi connectivity index (χ0) is 18.8. The number of hydrogen-bond acceptors (Lipinski definition) is 6. The third-order valence-corrected chi connectivity index (χ3v) is 3.03. The van der Waals surface area contributed by atoms with Gasteiger partial charge in [-0.15, -0.1) is 0 Å². The summed E-state index contributed by atoms with van der Waals surface area (Å²) < 4.78 is 16.0. The van der Waals surface area contributed by atoms with Crippen LogP contribution < -0.4 is 20.5 Å². The van der Waals surface area contributed by atoms with E-state index in [0.29, 0.717) is 18.1 Å². The summed E-state index contributed by atoms with van der Waals surface area (Å²) in [7, 11) is 0. The molecule has 0 heterocycles. The molecule has 3 amide bonds. The maximum absolute atomic E-state index is 12.0. The molecule has 0 aliphatic rings. The topological polar surface area (TPSA) is 117 Å². The molecule has 8 heteroatoms. The van der Waals surface area contributed by atoms with Crippen LogP contribution in [0.5, 0.6) is 11.5 Å². The largest absolute Gasteiger partial charge is 0.490 e. The Kier molecular flexibility index (Phi) is 8.25. The van der Waals surface area contributed by atoms with Crippen LogP contribution in [-0.2, 0) is 14.3 Å². The average molecular weight is 352 g/mol. The number of nitrogens with two attached hydrogens (primary N) is 1. The van der Waals surface area contributed by atoms with Crippen LogP contribution in [0.1, 0.15) is 27.2 Å². The standard InChI is InChI=1S/C17H24N2O6/c1-4-9-23-12-7-5-6-8-13(12)24-10-14(20)25-15(11(2)3)16(21)19-17(18)22/h5-8,11,15H,4,9-10H2,1-3H3,(H3,18,19,21,22)/t15-/m0/s1. The van der Waals surface area contributed by atoms with Gasteiger partial charge in [-0.05, 0) is 24.5 Å². The number of esters is 1. The predicted octanol–water partition coefficient (Wildman–Crippen LogP) is 1.62. The van der Waals surface area contributed by atoms with E-state index in [4.69, 9.17) is 19.9 Å². The molecule has 1 aromatic rings. The van der Waals surface area contributed by atoms with E-state index in [1.165, 1.54) is 0 Å². The molecule has 0 aliphatic carbocycles. The van der Waals surface area contributed by atoms with E-state index >= 15 is 0 Å². The van der Waals surface area contributed by atoms with E-state index < -0.39 is 30.6 Å². The molecule has 0 saturated carbocycles. The number of hydrogen-bond donors (Lipinski definition) is 2. The number of carbonyl (C=O) groups excluding carboxylic acids is 3. The number of nitrogens with one attached hydrogen (secondary N) is 1. The molecule has 25 heavy (non-hydrogen) atoms. The fourth-order valence-corrected chi connectivity index (χ4v) is 1.90. The third-order valence-electron chi connectivity index (χ3n) is 3.03. The summed E-state index contributed by atoms with van der Waals surface area (Å²) in [5.74, 6) is -0.950. The van der Waals surface area contributed by atoms with E-state index in [9.17, 15) is 14.4 Å². The highest BCUT2D eigenvalue weighted by Gasteiger charge is 2.27. The molecule has 0 bridgehead atoms. The Bertz CT molecular complexity index is 603. The third kappa shape index (κ3) is 7.11. The summed E-state index contributed by atoms with van der Waals surface area (Å²) in [6.45, 7) is 5.44. The van der Waals surface area contributed by atoms with Crippen LogP contribution in [0.25, 0.3) is 0 Å². The highest BCUT2D eigenvalue weighted by atomic mass is 16.6. The zero-order valence-corrected chi connectivity index (χ0v) is 14.6. The number of urea groups is 1. The summed E-state index contributed by atoms with van der Waals surface area (Å²) in [6, 6.07) is 5.92. The van der Waals surface area contributed by atoms with Crippen LogP contribution in [0.15, 0.2) is 24.3 Å². The second-order valence-electron chi connectivity index (χ2n) is 5.59. The van der Waals surface area contributed by atoms with Gasteiger partial charge in [0.15, 0.2) is 24.2 Å². The fraction of sp³-hybridized carbons (Fsp3) is 0.471. The lowest BCUT2D eigenvalue weighted by Gasteiger charge is -2.20. The molecular formula is C17H24N2O6. The molecule has 0 spiro atoms. The molecular weight excluding hydrogens is 328 g/mol. The number of imide groups is 1. The van der Waals surface area contributed by atoms with E-state index in [1.54, 1.807) is 38.1 Å². The lowest BCUT2D eigenvalue weighted by atomic mass is 10.1. The maximum atomic E-state index is 12.0. The van der Waals surface area contributed by atoms with Crippen LogP contribution in [0.4, 0.5) is 4.79 Å². The van der Waals surface area contributed by atoms with Gasteiger partial charge in [0.25, 0.3) is 5.91 Å². The van der Waals surface area contributed by atoms with Gasteiger partial charge in [0.1, 0.15) is 0 Å². The van der Waals surface area contributed by atoms with Gasteiger partial charge in [-0.1, -0.05) is 32.9 Å². The van der Waals surface area contributed by atoms with Crippen LogP contribution in [0, 0.1) is 5.92 Å². The minimum Gasteiger partial charge on any atom is -0.490 e. The first kappa shape index (κ1) is 20.3. The lowest BCUT2D eigenvalue weighted by molar-refractivity contribution is -0.160. The first-order valence-corrected chi connectivity index (χ1v) is 7.99. The van der Waals surface area contributed by atoms with E-state index in [-0.39, 0.29) is 5.92 Å². The first-order valence-electron chi connectivity index (χ1n) is 7.99. The Morgan fingerprint density at radius 2 is 1.72 bits per heavy atom. The van der Waals surface area contributed by atoms with Crippen molar-refractivity contribution in [3.8, 4) is 11.5 Å². The number of amides is 3. The Balaban J connectivity index is 2.64. The molecule has 1 rings (SSSR count). The SMILES string of the molecule is CCCOc1ccccc1OCC(=O)O[C@H](C(=O)NC(N)=O)C(C)C. The lowest BCUT2D eigenvalue weighted by Crippen LogP contribution is -2.46. The van der Waals surface area contributed by atoms with Gasteiger partial charge in [-0.2, -0.15) is 0 Å². The van der Waals surface area contributed by atoms with Gasteiger partial charge < -0.3 is 19.9 Å². The highest BCUT2D eigenvalue weighted by molar-refractivity contribution is 5.96. The van der Waals surface area contributed by atoms with Crippen molar-refractivity contribution in [1.29, 1.82) is 0 Å². The predicted molar refractivity (Wildman–Crippen MR) is 90.2 cm³/mol. The van der Waals surface area contributed by atoms with Gasteiger partial charge >= 0.3 is 12.0 Å². The summed E-state index contributed by atoms with van der Waals surface area (Å²) >= 11 is 0. The minimum atomic E-state index is -1.14. The Morgan fingerprint density at radius 3 is 2.24 bits per heavy atom. The van der Waals surface area contributed by atoms with Crippen molar-refractivity contribution in [1.82, 2.24) is 5.32 Å². The van der Waals surface area contributed by atoms with Crippen molar-refractivity contribution in [2.45, 2.75) is 33.3 Å². The maximum Gasteiger partial charge on any atom is 0.344 e. The van der Waals surface area contributed by atoms with E-state index in [2.05, 4.69) is 0 Å². The van der Waals surface area contributed by atoms with Crippen molar-refractivity contribution < 1.29 is 28.6 Å². The number of primary amides is 1. The molecule has 8 nitrogen and oxygen atoms in total. The number of rotatable bonds is 9. The summed E-state index contributed by atoms with van der Waals surface area (Å²) in [4.78, 5) is 34.6. The Labute approximate surface area is 146 Å². The number of para-hydroxylation sites is 2. The first-order chi connectivity index (χ1) is 11.8. The average Bonchev–Trinajstić information content (AvgIpc) is 2.55.